The molecule has 5 nitrogen and oxygen atoms in total. The Morgan fingerprint density at radius 2 is 1.89 bits per heavy atom. The summed E-state index contributed by atoms with van der Waals surface area (Å²) in [5.41, 5.74) is 0.546. The second kappa shape index (κ2) is 12.2. The number of carbonyl (C=O) groups excluding carboxylic acids is 1. The van der Waals surface area contributed by atoms with Gasteiger partial charge in [0.05, 0.1) is 0 Å². The summed E-state index contributed by atoms with van der Waals surface area (Å²) in [5.74, 6) is 0.595. The van der Waals surface area contributed by atoms with Gasteiger partial charge in [0.25, 0.3) is 5.91 Å². The van der Waals surface area contributed by atoms with Crippen molar-refractivity contribution in [3.63, 3.8) is 0 Å². The first-order valence-electron chi connectivity index (χ1n) is 9.63. The summed E-state index contributed by atoms with van der Waals surface area (Å²) in [6.07, 6.45) is 3.69. The number of hydrogen-bond acceptors (Lipinski definition) is 4. The minimum absolute atomic E-state index is 0. The topological polar surface area (TPSA) is 53.6 Å². The van der Waals surface area contributed by atoms with E-state index < -0.39 is 5.60 Å². The first-order valence-corrected chi connectivity index (χ1v) is 10.0. The molecule has 8 heteroatoms. The Morgan fingerprint density at radius 1 is 1.25 bits per heavy atom. The van der Waals surface area contributed by atoms with E-state index >= 15 is 0 Å². The molecule has 3 rings (SSSR count). The molecule has 0 aromatic heterocycles. The van der Waals surface area contributed by atoms with Crippen molar-refractivity contribution in [1.82, 2.24) is 15.5 Å². The highest BCUT2D eigenvalue weighted by Crippen LogP contribution is 2.24. The van der Waals surface area contributed by atoms with Crippen LogP contribution in [-0.4, -0.2) is 56.2 Å². The van der Waals surface area contributed by atoms with Crippen LogP contribution in [0, 0.1) is 5.92 Å². The number of benzene rings is 1. The number of amides is 1. The van der Waals surface area contributed by atoms with Crippen LogP contribution in [0.25, 0.3) is 0 Å². The van der Waals surface area contributed by atoms with Crippen molar-refractivity contribution in [2.45, 2.75) is 37.8 Å². The van der Waals surface area contributed by atoms with Crippen LogP contribution >= 0.6 is 36.4 Å². The van der Waals surface area contributed by atoms with Gasteiger partial charge in [-0.1, -0.05) is 29.8 Å². The molecule has 2 aliphatic heterocycles. The van der Waals surface area contributed by atoms with E-state index in [1.165, 1.54) is 5.56 Å². The van der Waals surface area contributed by atoms with Gasteiger partial charge in [0.2, 0.25) is 0 Å². The second-order valence-corrected chi connectivity index (χ2v) is 7.88. The quantitative estimate of drug-likeness (QED) is 0.695. The third kappa shape index (κ3) is 6.48. The minimum Gasteiger partial charge on any atom is -0.368 e. The SMILES string of the molecule is COC1(C(=O)NCC2CCN(Cc3ccccc3Cl)CC2)CCNCC1.Cl.Cl. The average Bonchev–Trinajstić information content (AvgIpc) is 2.69. The van der Waals surface area contributed by atoms with Crippen molar-refractivity contribution in [3.8, 4) is 0 Å². The predicted molar refractivity (Wildman–Crippen MR) is 119 cm³/mol. The van der Waals surface area contributed by atoms with Gasteiger partial charge in [0.1, 0.15) is 5.60 Å². The lowest BCUT2D eigenvalue weighted by Gasteiger charge is -2.36. The number of methoxy groups -OCH3 is 1. The first kappa shape index (κ1) is 25.5. The number of likely N-dealkylation sites (tertiary alicyclic amines) is 1. The minimum atomic E-state index is -0.643. The smallest absolute Gasteiger partial charge is 0.252 e. The summed E-state index contributed by atoms with van der Waals surface area (Å²) in [4.78, 5) is 15.1. The molecular formula is C20H32Cl3N3O2. The number of ether oxygens (including phenoxy) is 1. The van der Waals surface area contributed by atoms with Gasteiger partial charge in [-0.3, -0.25) is 9.69 Å². The van der Waals surface area contributed by atoms with Gasteiger partial charge in [-0.05, 0) is 69.4 Å². The predicted octanol–water partition coefficient (Wildman–Crippen LogP) is 3.28. The lowest BCUT2D eigenvalue weighted by Crippen LogP contribution is -2.55. The highest BCUT2D eigenvalue weighted by molar-refractivity contribution is 6.31. The molecule has 1 aromatic rings. The Balaban J connectivity index is 0.00000196. The highest BCUT2D eigenvalue weighted by atomic mass is 35.5. The molecule has 28 heavy (non-hydrogen) atoms. The van der Waals surface area contributed by atoms with E-state index in [1.807, 2.05) is 18.2 Å². The Kier molecular flexibility index (Phi) is 11.1. The van der Waals surface area contributed by atoms with Crippen LogP contribution < -0.4 is 10.6 Å². The summed E-state index contributed by atoms with van der Waals surface area (Å²) in [6.45, 7) is 5.41. The molecule has 1 amide bonds. The van der Waals surface area contributed by atoms with Crippen molar-refractivity contribution in [2.24, 2.45) is 5.92 Å². The summed E-state index contributed by atoms with van der Waals surface area (Å²) in [7, 11) is 1.65. The summed E-state index contributed by atoms with van der Waals surface area (Å²) >= 11 is 6.27. The number of hydrogen-bond donors (Lipinski definition) is 2. The molecule has 2 fully saturated rings. The molecule has 2 aliphatic rings. The van der Waals surface area contributed by atoms with Crippen molar-refractivity contribution < 1.29 is 9.53 Å². The Hall–Kier alpha value is -0.560. The molecular weight excluding hydrogens is 421 g/mol. The number of halogens is 3. The average molecular weight is 453 g/mol. The second-order valence-electron chi connectivity index (χ2n) is 7.47. The molecule has 2 N–H and O–H groups in total. The third-order valence-corrected chi connectivity index (χ3v) is 6.19. The van der Waals surface area contributed by atoms with Crippen LogP contribution in [0.4, 0.5) is 0 Å². The van der Waals surface area contributed by atoms with Crippen LogP contribution in [-0.2, 0) is 16.1 Å². The molecule has 1 aromatic carbocycles. The standard InChI is InChI=1S/C20H30ClN3O2.2ClH/c1-26-20(8-10-22-11-9-20)19(25)23-14-16-6-12-24(13-7-16)15-17-4-2-3-5-18(17)21;;/h2-5,16,22H,6-15H2,1H3,(H,23,25);2*1H. The Labute approximate surface area is 185 Å². The lowest BCUT2D eigenvalue weighted by molar-refractivity contribution is -0.147. The van der Waals surface area contributed by atoms with Gasteiger partial charge in [-0.2, -0.15) is 0 Å². The molecule has 0 aliphatic carbocycles. The maximum atomic E-state index is 12.6. The largest absolute Gasteiger partial charge is 0.368 e. The number of carbonyl (C=O) groups is 1. The molecule has 0 spiro atoms. The number of piperidine rings is 2. The molecule has 0 radical (unpaired) electrons. The fraction of sp³-hybridized carbons (Fsp3) is 0.650. The van der Waals surface area contributed by atoms with Crippen LogP contribution in [0.3, 0.4) is 0 Å². The number of nitrogens with zero attached hydrogens (tertiary/aromatic N) is 1. The molecule has 0 bridgehead atoms. The first-order chi connectivity index (χ1) is 12.6. The van der Waals surface area contributed by atoms with Gasteiger partial charge in [-0.15, -0.1) is 24.8 Å². The van der Waals surface area contributed by atoms with Gasteiger partial charge in [0, 0.05) is 25.2 Å². The van der Waals surface area contributed by atoms with Crippen molar-refractivity contribution in [1.29, 1.82) is 0 Å². The Morgan fingerprint density at radius 3 is 2.50 bits per heavy atom. The van der Waals surface area contributed by atoms with E-state index in [-0.39, 0.29) is 30.7 Å². The fourth-order valence-corrected chi connectivity index (χ4v) is 4.16. The van der Waals surface area contributed by atoms with Crippen LogP contribution in [0.2, 0.25) is 5.02 Å². The van der Waals surface area contributed by atoms with Gasteiger partial charge >= 0.3 is 0 Å². The summed E-state index contributed by atoms with van der Waals surface area (Å²) < 4.78 is 5.60. The van der Waals surface area contributed by atoms with Gasteiger partial charge in [0.15, 0.2) is 0 Å². The molecule has 2 saturated heterocycles. The van der Waals surface area contributed by atoms with E-state index in [0.717, 1.165) is 70.0 Å². The fourth-order valence-electron chi connectivity index (χ4n) is 3.97. The van der Waals surface area contributed by atoms with E-state index in [2.05, 4.69) is 21.6 Å². The lowest BCUT2D eigenvalue weighted by atomic mass is 9.90. The highest BCUT2D eigenvalue weighted by Gasteiger charge is 2.39. The van der Waals surface area contributed by atoms with E-state index in [0.29, 0.717) is 5.92 Å². The Bertz CT molecular complexity index is 604. The zero-order valence-electron chi connectivity index (χ0n) is 16.4. The monoisotopic (exact) mass is 451 g/mol. The van der Waals surface area contributed by atoms with Gasteiger partial charge in [-0.25, -0.2) is 0 Å². The summed E-state index contributed by atoms with van der Waals surface area (Å²) in [6, 6.07) is 8.05. The molecule has 2 heterocycles. The number of nitrogens with one attached hydrogen (secondary N) is 2. The zero-order valence-corrected chi connectivity index (χ0v) is 18.8. The molecule has 160 valence electrons. The molecule has 0 unspecified atom stereocenters. The van der Waals surface area contributed by atoms with Crippen molar-refractivity contribution in [2.75, 3.05) is 39.8 Å². The zero-order chi connectivity index (χ0) is 18.4. The maximum absolute atomic E-state index is 12.6. The van der Waals surface area contributed by atoms with E-state index in [4.69, 9.17) is 16.3 Å². The number of rotatable bonds is 6. The maximum Gasteiger partial charge on any atom is 0.252 e. The molecule has 0 atom stereocenters. The normalized spacial score (nSPS) is 19.9. The van der Waals surface area contributed by atoms with Crippen LogP contribution in [0.1, 0.15) is 31.2 Å². The van der Waals surface area contributed by atoms with Crippen molar-refractivity contribution >= 4 is 42.3 Å². The van der Waals surface area contributed by atoms with E-state index in [9.17, 15) is 4.79 Å². The van der Waals surface area contributed by atoms with E-state index in [1.54, 1.807) is 7.11 Å². The van der Waals surface area contributed by atoms with Gasteiger partial charge < -0.3 is 15.4 Å². The third-order valence-electron chi connectivity index (χ3n) is 5.83. The molecule has 0 saturated carbocycles. The van der Waals surface area contributed by atoms with Crippen molar-refractivity contribution in [3.05, 3.63) is 34.9 Å². The van der Waals surface area contributed by atoms with Crippen LogP contribution in [0.15, 0.2) is 24.3 Å². The summed E-state index contributed by atoms with van der Waals surface area (Å²) in [5, 5.41) is 7.29. The van der Waals surface area contributed by atoms with Crippen LogP contribution in [0.5, 0.6) is 0 Å².